The van der Waals surface area contributed by atoms with Gasteiger partial charge in [0.1, 0.15) is 17.6 Å². The Morgan fingerprint density at radius 3 is 2.86 bits per heavy atom. The minimum Gasteiger partial charge on any atom is -0.497 e. The Morgan fingerprint density at radius 1 is 1.33 bits per heavy atom. The fraction of sp³-hybridized carbons (Fsp3) is 0.467. The Balaban J connectivity index is 1.88. The number of anilines is 1. The van der Waals surface area contributed by atoms with E-state index in [-0.39, 0.29) is 6.10 Å². The van der Waals surface area contributed by atoms with Crippen molar-refractivity contribution in [3.8, 4) is 11.5 Å². The number of fused-ring (bicyclic) bond motifs is 1. The van der Waals surface area contributed by atoms with Crippen LogP contribution in [-0.2, 0) is 13.0 Å². The Hall–Kier alpha value is -2.24. The molecule has 21 heavy (non-hydrogen) atoms. The highest BCUT2D eigenvalue weighted by atomic mass is 16.5. The second-order valence-corrected chi connectivity index (χ2v) is 5.09. The van der Waals surface area contributed by atoms with Crippen LogP contribution in [0.5, 0.6) is 11.5 Å². The third kappa shape index (κ3) is 2.79. The molecular weight excluding hydrogens is 270 g/mol. The Kier molecular flexibility index (Phi) is 3.68. The number of rotatable bonds is 4. The number of aromatic nitrogens is 2. The summed E-state index contributed by atoms with van der Waals surface area (Å²) in [6, 6.07) is 5.80. The average Bonchev–Trinajstić information content (AvgIpc) is 2.94. The second-order valence-electron chi connectivity index (χ2n) is 5.09. The number of hydrogen-bond acceptors (Lipinski definition) is 6. The van der Waals surface area contributed by atoms with E-state index < -0.39 is 0 Å². The van der Waals surface area contributed by atoms with Crippen molar-refractivity contribution in [2.45, 2.75) is 32.9 Å². The molecule has 0 saturated carbocycles. The largest absolute Gasteiger partial charge is 0.497 e. The van der Waals surface area contributed by atoms with E-state index in [1.807, 2.05) is 32.0 Å². The summed E-state index contributed by atoms with van der Waals surface area (Å²) in [6.07, 6.45) is 0.858. The van der Waals surface area contributed by atoms with E-state index in [1.54, 1.807) is 7.11 Å². The molecule has 0 fully saturated rings. The molecular formula is C15H19N3O3. The molecule has 0 N–H and O–H groups in total. The van der Waals surface area contributed by atoms with Gasteiger partial charge in [-0.3, -0.25) is 0 Å². The predicted molar refractivity (Wildman–Crippen MR) is 77.8 cm³/mol. The first kappa shape index (κ1) is 13.7. The van der Waals surface area contributed by atoms with Crippen LogP contribution in [0.15, 0.2) is 22.6 Å². The van der Waals surface area contributed by atoms with Crippen molar-refractivity contribution < 1.29 is 13.9 Å². The summed E-state index contributed by atoms with van der Waals surface area (Å²) in [6.45, 7) is 5.38. The highest BCUT2D eigenvalue weighted by molar-refractivity contribution is 5.63. The maximum atomic E-state index is 5.86. The van der Waals surface area contributed by atoms with Gasteiger partial charge in [-0.25, -0.2) is 0 Å². The molecule has 0 amide bonds. The van der Waals surface area contributed by atoms with Crippen LogP contribution in [0.2, 0.25) is 0 Å². The number of nitrogens with zero attached hydrogens (tertiary/aromatic N) is 3. The van der Waals surface area contributed by atoms with Crippen LogP contribution in [0.3, 0.4) is 0 Å². The van der Waals surface area contributed by atoms with Crippen LogP contribution in [0.25, 0.3) is 0 Å². The molecule has 1 aliphatic heterocycles. The number of methoxy groups -OCH3 is 1. The van der Waals surface area contributed by atoms with Crippen molar-refractivity contribution in [3.63, 3.8) is 0 Å². The van der Waals surface area contributed by atoms with Crippen LogP contribution >= 0.6 is 0 Å². The van der Waals surface area contributed by atoms with E-state index in [2.05, 4.69) is 15.1 Å². The molecule has 3 rings (SSSR count). The van der Waals surface area contributed by atoms with E-state index in [9.17, 15) is 0 Å². The average molecular weight is 289 g/mol. The Morgan fingerprint density at radius 2 is 2.14 bits per heavy atom. The number of aryl methyl sites for hydroxylation is 1. The standard InChI is InChI=1S/C15H19N3O3/c1-4-14-16-17-15(21-14)9-18-8-10(2)20-13-6-5-11(19-3)7-12(13)18/h5-7,10H,4,8-9H2,1-3H3/t10-/m0/s1. The molecule has 1 aromatic carbocycles. The van der Waals surface area contributed by atoms with Gasteiger partial charge in [0.15, 0.2) is 0 Å². The third-order valence-corrected chi connectivity index (χ3v) is 3.45. The van der Waals surface area contributed by atoms with Crippen molar-refractivity contribution in [2.75, 3.05) is 18.6 Å². The van der Waals surface area contributed by atoms with E-state index in [0.29, 0.717) is 18.3 Å². The van der Waals surface area contributed by atoms with Gasteiger partial charge < -0.3 is 18.8 Å². The minimum atomic E-state index is 0.111. The molecule has 2 aromatic rings. The van der Waals surface area contributed by atoms with Gasteiger partial charge in [0.05, 0.1) is 25.9 Å². The summed E-state index contributed by atoms with van der Waals surface area (Å²) in [5, 5.41) is 8.10. The van der Waals surface area contributed by atoms with Gasteiger partial charge in [0, 0.05) is 12.5 Å². The molecule has 1 atom stereocenters. The molecule has 0 spiro atoms. The molecule has 0 aliphatic carbocycles. The number of hydrogen-bond donors (Lipinski definition) is 0. The highest BCUT2D eigenvalue weighted by Crippen LogP contribution is 2.37. The normalized spacial score (nSPS) is 17.3. The van der Waals surface area contributed by atoms with Gasteiger partial charge in [-0.1, -0.05) is 6.92 Å². The fourth-order valence-electron chi connectivity index (χ4n) is 2.44. The Labute approximate surface area is 123 Å². The van der Waals surface area contributed by atoms with E-state index in [4.69, 9.17) is 13.9 Å². The maximum Gasteiger partial charge on any atom is 0.235 e. The third-order valence-electron chi connectivity index (χ3n) is 3.45. The van der Waals surface area contributed by atoms with Crippen LogP contribution in [0.1, 0.15) is 25.6 Å². The van der Waals surface area contributed by atoms with Crippen molar-refractivity contribution in [1.29, 1.82) is 0 Å². The molecule has 6 heteroatoms. The second kappa shape index (κ2) is 5.63. The van der Waals surface area contributed by atoms with Gasteiger partial charge in [-0.15, -0.1) is 10.2 Å². The quantitative estimate of drug-likeness (QED) is 0.861. The summed E-state index contributed by atoms with van der Waals surface area (Å²) in [4.78, 5) is 2.18. The van der Waals surface area contributed by atoms with Crippen molar-refractivity contribution in [1.82, 2.24) is 10.2 Å². The summed E-state index contributed by atoms with van der Waals surface area (Å²) in [7, 11) is 1.66. The molecule has 112 valence electrons. The number of benzene rings is 1. The molecule has 0 saturated heterocycles. The van der Waals surface area contributed by atoms with Crippen molar-refractivity contribution in [3.05, 3.63) is 30.0 Å². The monoisotopic (exact) mass is 289 g/mol. The lowest BCUT2D eigenvalue weighted by Crippen LogP contribution is -2.38. The van der Waals surface area contributed by atoms with Crippen molar-refractivity contribution in [2.24, 2.45) is 0 Å². The van der Waals surface area contributed by atoms with Crippen molar-refractivity contribution >= 4 is 5.69 Å². The highest BCUT2D eigenvalue weighted by Gasteiger charge is 2.25. The molecule has 1 aromatic heterocycles. The van der Waals surface area contributed by atoms with Crippen LogP contribution < -0.4 is 14.4 Å². The molecule has 1 aliphatic rings. The summed E-state index contributed by atoms with van der Waals surface area (Å²) in [5.41, 5.74) is 0.990. The summed E-state index contributed by atoms with van der Waals surface area (Å²) >= 11 is 0. The Bertz CT molecular complexity index is 626. The number of ether oxygens (including phenoxy) is 2. The van der Waals surface area contributed by atoms with Crippen LogP contribution in [0, 0.1) is 0 Å². The van der Waals surface area contributed by atoms with E-state index in [0.717, 1.165) is 30.2 Å². The summed E-state index contributed by atoms with van der Waals surface area (Å²) < 4.78 is 16.8. The predicted octanol–water partition coefficient (Wildman–Crippen LogP) is 2.43. The zero-order chi connectivity index (χ0) is 14.8. The van der Waals surface area contributed by atoms with Crippen LogP contribution in [-0.4, -0.2) is 30.0 Å². The lowest BCUT2D eigenvalue weighted by molar-refractivity contribution is 0.210. The maximum absolute atomic E-state index is 5.86. The zero-order valence-electron chi connectivity index (χ0n) is 12.5. The topological polar surface area (TPSA) is 60.6 Å². The van der Waals surface area contributed by atoms with Gasteiger partial charge in [0.25, 0.3) is 0 Å². The van der Waals surface area contributed by atoms with E-state index >= 15 is 0 Å². The lowest BCUT2D eigenvalue weighted by Gasteiger charge is -2.34. The fourth-order valence-corrected chi connectivity index (χ4v) is 2.44. The van der Waals surface area contributed by atoms with Gasteiger partial charge >= 0.3 is 0 Å². The van der Waals surface area contributed by atoms with Gasteiger partial charge in [-0.05, 0) is 19.1 Å². The van der Waals surface area contributed by atoms with Crippen LogP contribution in [0.4, 0.5) is 5.69 Å². The smallest absolute Gasteiger partial charge is 0.235 e. The summed E-state index contributed by atoms with van der Waals surface area (Å²) in [5.74, 6) is 2.94. The van der Waals surface area contributed by atoms with Gasteiger partial charge in [-0.2, -0.15) is 0 Å². The first-order chi connectivity index (χ1) is 10.2. The van der Waals surface area contributed by atoms with E-state index in [1.165, 1.54) is 0 Å². The SMILES string of the molecule is CCc1nnc(CN2C[C@H](C)Oc3ccc(OC)cc32)o1. The molecule has 0 bridgehead atoms. The molecule has 0 radical (unpaired) electrons. The molecule has 2 heterocycles. The molecule has 6 nitrogen and oxygen atoms in total. The minimum absolute atomic E-state index is 0.111. The van der Waals surface area contributed by atoms with Gasteiger partial charge in [0.2, 0.25) is 11.8 Å². The molecule has 0 unspecified atom stereocenters. The first-order valence-electron chi connectivity index (χ1n) is 7.10. The zero-order valence-corrected chi connectivity index (χ0v) is 12.5. The first-order valence-corrected chi connectivity index (χ1v) is 7.10. The lowest BCUT2D eigenvalue weighted by atomic mass is 10.2.